The number of benzene rings is 1. The van der Waals surface area contributed by atoms with Crippen LogP contribution in [0.3, 0.4) is 0 Å². The van der Waals surface area contributed by atoms with Crippen molar-refractivity contribution in [3.8, 4) is 5.75 Å². The van der Waals surface area contributed by atoms with Gasteiger partial charge in [-0.05, 0) is 6.07 Å². The molecule has 0 radical (unpaired) electrons. The maximum atomic E-state index is 9.20. The van der Waals surface area contributed by atoms with E-state index >= 15 is 0 Å². The third kappa shape index (κ3) is 2.09. The van der Waals surface area contributed by atoms with Crippen LogP contribution in [-0.4, -0.2) is 16.8 Å². The molecule has 0 heterocycles. The Morgan fingerprint density at radius 1 is 1.27 bits per heavy atom. The van der Waals surface area contributed by atoms with Gasteiger partial charge in [0.2, 0.25) is 0 Å². The van der Waals surface area contributed by atoms with E-state index in [1.54, 1.807) is 30.4 Å². The molecule has 2 N–H and O–H groups in total. The van der Waals surface area contributed by atoms with E-state index in [-0.39, 0.29) is 12.4 Å². The Balaban J connectivity index is 2.86. The average molecular weight is 150 g/mol. The molecule has 0 fully saturated rings. The van der Waals surface area contributed by atoms with Crippen LogP contribution in [0.15, 0.2) is 30.3 Å². The van der Waals surface area contributed by atoms with Crippen molar-refractivity contribution in [2.24, 2.45) is 0 Å². The summed E-state index contributed by atoms with van der Waals surface area (Å²) in [6.45, 7) is -0.00562. The summed E-state index contributed by atoms with van der Waals surface area (Å²) in [6.07, 6.45) is 3.25. The van der Waals surface area contributed by atoms with Crippen LogP contribution in [-0.2, 0) is 0 Å². The number of phenols is 1. The number of para-hydroxylation sites is 1. The summed E-state index contributed by atoms with van der Waals surface area (Å²) in [5.74, 6) is 0.234. The van der Waals surface area contributed by atoms with Gasteiger partial charge in [-0.1, -0.05) is 30.4 Å². The van der Waals surface area contributed by atoms with Crippen LogP contribution in [0.4, 0.5) is 0 Å². The molecular formula is C9H10O2. The summed E-state index contributed by atoms with van der Waals surface area (Å²) >= 11 is 0. The van der Waals surface area contributed by atoms with Crippen molar-refractivity contribution in [2.75, 3.05) is 6.61 Å². The Kier molecular flexibility index (Phi) is 2.69. The first kappa shape index (κ1) is 7.82. The molecule has 0 aromatic heterocycles. The Labute approximate surface area is 65.4 Å². The molecule has 0 aliphatic rings. The minimum absolute atomic E-state index is 0.00562. The molecular weight excluding hydrogens is 140 g/mol. The van der Waals surface area contributed by atoms with Gasteiger partial charge in [-0.25, -0.2) is 0 Å². The van der Waals surface area contributed by atoms with Crippen molar-refractivity contribution in [1.82, 2.24) is 0 Å². The second-order valence-corrected chi connectivity index (χ2v) is 2.14. The Hall–Kier alpha value is -1.28. The van der Waals surface area contributed by atoms with Gasteiger partial charge in [-0.15, -0.1) is 0 Å². The number of aliphatic hydroxyl groups is 1. The van der Waals surface area contributed by atoms with Gasteiger partial charge in [0, 0.05) is 5.56 Å². The molecule has 0 atom stereocenters. The average Bonchev–Trinajstić information content (AvgIpc) is 2.03. The predicted octanol–water partition coefficient (Wildman–Crippen LogP) is 1.40. The lowest BCUT2D eigenvalue weighted by atomic mass is 10.2. The van der Waals surface area contributed by atoms with Gasteiger partial charge in [0.05, 0.1) is 6.61 Å². The van der Waals surface area contributed by atoms with E-state index in [0.717, 1.165) is 5.56 Å². The van der Waals surface area contributed by atoms with E-state index in [2.05, 4.69) is 0 Å². The zero-order valence-corrected chi connectivity index (χ0v) is 6.07. The van der Waals surface area contributed by atoms with Crippen molar-refractivity contribution >= 4 is 6.08 Å². The first-order valence-electron chi connectivity index (χ1n) is 3.40. The van der Waals surface area contributed by atoms with Crippen LogP contribution in [0.25, 0.3) is 6.08 Å². The molecule has 0 amide bonds. The molecule has 0 bridgehead atoms. The van der Waals surface area contributed by atoms with Gasteiger partial charge in [-0.2, -0.15) is 0 Å². The van der Waals surface area contributed by atoms with Crippen LogP contribution in [0.2, 0.25) is 0 Å². The quantitative estimate of drug-likeness (QED) is 0.669. The van der Waals surface area contributed by atoms with Crippen molar-refractivity contribution in [3.63, 3.8) is 0 Å². The Morgan fingerprint density at radius 2 is 2.00 bits per heavy atom. The largest absolute Gasteiger partial charge is 0.507 e. The third-order valence-corrected chi connectivity index (χ3v) is 1.34. The van der Waals surface area contributed by atoms with E-state index in [9.17, 15) is 5.11 Å². The van der Waals surface area contributed by atoms with E-state index in [1.165, 1.54) is 0 Å². The second kappa shape index (κ2) is 3.78. The van der Waals surface area contributed by atoms with Crippen molar-refractivity contribution < 1.29 is 10.2 Å². The number of hydrogen-bond acceptors (Lipinski definition) is 2. The second-order valence-electron chi connectivity index (χ2n) is 2.14. The molecule has 1 aromatic carbocycles. The maximum absolute atomic E-state index is 9.20. The molecule has 0 aliphatic carbocycles. The molecule has 1 rings (SSSR count). The fraction of sp³-hybridized carbons (Fsp3) is 0.111. The first-order chi connectivity index (χ1) is 5.34. The zero-order valence-electron chi connectivity index (χ0n) is 6.07. The fourth-order valence-corrected chi connectivity index (χ4v) is 0.808. The minimum atomic E-state index is -0.00562. The molecule has 0 aliphatic heterocycles. The smallest absolute Gasteiger partial charge is 0.122 e. The Morgan fingerprint density at radius 3 is 2.64 bits per heavy atom. The highest BCUT2D eigenvalue weighted by molar-refractivity contribution is 5.56. The van der Waals surface area contributed by atoms with Crippen molar-refractivity contribution in [2.45, 2.75) is 0 Å². The van der Waals surface area contributed by atoms with Gasteiger partial charge in [0.1, 0.15) is 5.75 Å². The molecule has 2 nitrogen and oxygen atoms in total. The number of rotatable bonds is 2. The summed E-state index contributed by atoms with van der Waals surface area (Å²) in [7, 11) is 0. The molecule has 0 spiro atoms. The highest BCUT2D eigenvalue weighted by atomic mass is 16.3. The summed E-state index contributed by atoms with van der Waals surface area (Å²) in [5, 5.41) is 17.7. The third-order valence-electron chi connectivity index (χ3n) is 1.34. The highest BCUT2D eigenvalue weighted by Gasteiger charge is 1.91. The minimum Gasteiger partial charge on any atom is -0.507 e. The van der Waals surface area contributed by atoms with Crippen LogP contribution < -0.4 is 0 Å². The number of phenolic OH excluding ortho intramolecular Hbond substituents is 1. The van der Waals surface area contributed by atoms with Crippen molar-refractivity contribution in [1.29, 1.82) is 0 Å². The molecule has 2 heteroatoms. The normalized spacial score (nSPS) is 10.6. The van der Waals surface area contributed by atoms with E-state index < -0.39 is 0 Å². The lowest BCUT2D eigenvalue weighted by Gasteiger charge is -1.95. The number of aromatic hydroxyl groups is 1. The summed E-state index contributed by atoms with van der Waals surface area (Å²) in [6, 6.07) is 6.97. The maximum Gasteiger partial charge on any atom is 0.122 e. The van der Waals surface area contributed by atoms with Crippen LogP contribution >= 0.6 is 0 Å². The standard InChI is InChI=1S/C9H10O2/c10-7-3-5-8-4-1-2-6-9(8)11/h1-6,10-11H,7H2/b5-3-. The summed E-state index contributed by atoms with van der Waals surface area (Å²) in [4.78, 5) is 0. The molecule has 1 aromatic rings. The lowest BCUT2D eigenvalue weighted by molar-refractivity contribution is 0.343. The highest BCUT2D eigenvalue weighted by Crippen LogP contribution is 2.16. The molecule has 0 unspecified atom stereocenters. The summed E-state index contributed by atoms with van der Waals surface area (Å²) < 4.78 is 0. The predicted molar refractivity (Wildman–Crippen MR) is 44.2 cm³/mol. The lowest BCUT2D eigenvalue weighted by Crippen LogP contribution is -1.74. The van der Waals surface area contributed by atoms with E-state index in [0.29, 0.717) is 0 Å². The van der Waals surface area contributed by atoms with Crippen LogP contribution in [0.1, 0.15) is 5.56 Å². The van der Waals surface area contributed by atoms with Crippen LogP contribution in [0, 0.1) is 0 Å². The SMILES string of the molecule is OC/C=C\c1ccccc1O. The Bertz CT molecular complexity index is 253. The van der Waals surface area contributed by atoms with E-state index in [4.69, 9.17) is 5.11 Å². The number of hydrogen-bond donors (Lipinski definition) is 2. The van der Waals surface area contributed by atoms with Crippen LogP contribution in [0.5, 0.6) is 5.75 Å². The zero-order chi connectivity index (χ0) is 8.10. The topological polar surface area (TPSA) is 40.5 Å². The molecule has 0 saturated carbocycles. The molecule has 11 heavy (non-hydrogen) atoms. The van der Waals surface area contributed by atoms with E-state index in [1.807, 2.05) is 6.07 Å². The molecule has 0 saturated heterocycles. The van der Waals surface area contributed by atoms with Gasteiger partial charge in [0.15, 0.2) is 0 Å². The first-order valence-corrected chi connectivity index (χ1v) is 3.40. The molecule has 58 valence electrons. The van der Waals surface area contributed by atoms with Gasteiger partial charge in [0.25, 0.3) is 0 Å². The summed E-state index contributed by atoms with van der Waals surface area (Å²) in [5.41, 5.74) is 0.724. The monoisotopic (exact) mass is 150 g/mol. The van der Waals surface area contributed by atoms with Gasteiger partial charge in [-0.3, -0.25) is 0 Å². The number of aliphatic hydroxyl groups excluding tert-OH is 1. The fourth-order valence-electron chi connectivity index (χ4n) is 0.808. The van der Waals surface area contributed by atoms with Gasteiger partial charge < -0.3 is 10.2 Å². The van der Waals surface area contributed by atoms with Crippen molar-refractivity contribution in [3.05, 3.63) is 35.9 Å². The van der Waals surface area contributed by atoms with Gasteiger partial charge >= 0.3 is 0 Å².